The first-order chi connectivity index (χ1) is 11.1. The molecule has 24 heavy (non-hydrogen) atoms. The van der Waals surface area contributed by atoms with Gasteiger partial charge in [0.05, 0.1) is 24.3 Å². The van der Waals surface area contributed by atoms with Crippen LogP contribution in [-0.2, 0) is 15.8 Å². The van der Waals surface area contributed by atoms with Gasteiger partial charge in [0.15, 0.2) is 0 Å². The van der Waals surface area contributed by atoms with Gasteiger partial charge in [0.25, 0.3) is 11.8 Å². The maximum atomic E-state index is 12.9. The zero-order chi connectivity index (χ0) is 18.1. The zero-order valence-electron chi connectivity index (χ0n) is 11.9. The number of alkyl halides is 3. The summed E-state index contributed by atoms with van der Waals surface area (Å²) < 4.78 is 38.8. The van der Waals surface area contributed by atoms with E-state index in [1.165, 1.54) is 0 Å². The van der Waals surface area contributed by atoms with Gasteiger partial charge >= 0.3 is 12.1 Å². The number of hydrogen-bond acceptors (Lipinski definition) is 5. The first kappa shape index (κ1) is 17.5. The molecule has 0 aliphatic carbocycles. The summed E-state index contributed by atoms with van der Waals surface area (Å²) in [5, 5.41) is 20.0. The van der Waals surface area contributed by atoms with Crippen LogP contribution in [-0.4, -0.2) is 46.0 Å². The molecule has 1 aliphatic rings. The molecule has 0 unspecified atom stereocenters. The SMILES string of the molecule is O=C(O)c1ccc(NC2=CC(=O)N(CCO)C2=O)cc1C(F)(F)F. The summed E-state index contributed by atoms with van der Waals surface area (Å²) in [6, 6.07) is 2.34. The lowest BCUT2D eigenvalue weighted by Crippen LogP contribution is -2.34. The molecule has 7 nitrogen and oxygen atoms in total. The van der Waals surface area contributed by atoms with Crippen molar-refractivity contribution in [3.63, 3.8) is 0 Å². The molecule has 0 radical (unpaired) electrons. The van der Waals surface area contributed by atoms with Gasteiger partial charge in [0.2, 0.25) is 0 Å². The number of carboxylic acids is 1. The Labute approximate surface area is 133 Å². The van der Waals surface area contributed by atoms with E-state index in [0.29, 0.717) is 6.07 Å². The molecule has 0 spiro atoms. The number of nitrogens with zero attached hydrogens (tertiary/aromatic N) is 1. The minimum absolute atomic E-state index is 0.203. The molecular weight excluding hydrogens is 333 g/mol. The first-order valence-electron chi connectivity index (χ1n) is 6.55. The van der Waals surface area contributed by atoms with E-state index >= 15 is 0 Å². The van der Waals surface area contributed by atoms with Gasteiger partial charge < -0.3 is 15.5 Å². The number of carboxylic acid groups (broad SMARTS) is 1. The van der Waals surface area contributed by atoms with Crippen LogP contribution in [0.3, 0.4) is 0 Å². The standard InChI is InChI=1S/C14H11F3N2O5/c15-14(16,17)9-5-7(1-2-8(9)13(23)24)18-10-6-11(21)19(3-4-20)12(10)22/h1-2,5-6,18,20H,3-4H2,(H,23,24). The lowest BCUT2D eigenvalue weighted by molar-refractivity contribution is -0.138. The second kappa shape index (κ2) is 6.32. The molecular formula is C14H11F3N2O5. The Morgan fingerprint density at radius 1 is 1.25 bits per heavy atom. The van der Waals surface area contributed by atoms with Crippen LogP contribution >= 0.6 is 0 Å². The summed E-state index contributed by atoms with van der Waals surface area (Å²) in [5.41, 5.74) is -2.79. The number of nitrogens with one attached hydrogen (secondary N) is 1. The molecule has 0 saturated heterocycles. The highest BCUT2D eigenvalue weighted by atomic mass is 19.4. The number of amides is 2. The van der Waals surface area contributed by atoms with Crippen molar-refractivity contribution in [1.82, 2.24) is 4.90 Å². The van der Waals surface area contributed by atoms with Gasteiger partial charge in [-0.1, -0.05) is 0 Å². The monoisotopic (exact) mass is 344 g/mol. The highest BCUT2D eigenvalue weighted by molar-refractivity contribution is 6.17. The van der Waals surface area contributed by atoms with Crippen LogP contribution in [0.25, 0.3) is 0 Å². The summed E-state index contributed by atoms with van der Waals surface area (Å²) in [6.07, 6.45) is -4.02. The topological polar surface area (TPSA) is 107 Å². The third-order valence-corrected chi connectivity index (χ3v) is 3.17. The highest BCUT2D eigenvalue weighted by Crippen LogP contribution is 2.34. The minimum atomic E-state index is -4.90. The van der Waals surface area contributed by atoms with Crippen LogP contribution in [0.15, 0.2) is 30.0 Å². The van der Waals surface area contributed by atoms with Gasteiger partial charge in [0, 0.05) is 11.8 Å². The van der Waals surface area contributed by atoms with Crippen molar-refractivity contribution in [2.75, 3.05) is 18.5 Å². The van der Waals surface area contributed by atoms with Gasteiger partial charge in [-0.25, -0.2) is 4.79 Å². The van der Waals surface area contributed by atoms with Crippen LogP contribution in [0.5, 0.6) is 0 Å². The van der Waals surface area contributed by atoms with Crippen LogP contribution in [0.2, 0.25) is 0 Å². The smallest absolute Gasteiger partial charge is 0.417 e. The number of anilines is 1. The van der Waals surface area contributed by atoms with Gasteiger partial charge in [0.1, 0.15) is 5.70 Å². The Morgan fingerprint density at radius 2 is 1.92 bits per heavy atom. The van der Waals surface area contributed by atoms with Crippen molar-refractivity contribution < 1.29 is 37.8 Å². The summed E-state index contributed by atoms with van der Waals surface area (Å²) >= 11 is 0. The van der Waals surface area contributed by atoms with E-state index in [1.54, 1.807) is 0 Å². The number of carbonyl (C=O) groups excluding carboxylic acids is 2. The van der Waals surface area contributed by atoms with Gasteiger partial charge in [-0.3, -0.25) is 14.5 Å². The molecule has 10 heteroatoms. The van der Waals surface area contributed by atoms with Crippen molar-refractivity contribution in [1.29, 1.82) is 0 Å². The van der Waals surface area contributed by atoms with Crippen LogP contribution < -0.4 is 5.32 Å². The van der Waals surface area contributed by atoms with E-state index in [0.717, 1.165) is 23.1 Å². The average molecular weight is 344 g/mol. The van der Waals surface area contributed by atoms with Crippen molar-refractivity contribution in [2.24, 2.45) is 0 Å². The third-order valence-electron chi connectivity index (χ3n) is 3.17. The quantitative estimate of drug-likeness (QED) is 0.690. The third kappa shape index (κ3) is 3.38. The normalized spacial score (nSPS) is 14.8. The van der Waals surface area contributed by atoms with Crippen molar-refractivity contribution in [3.8, 4) is 0 Å². The number of hydrogen-bond donors (Lipinski definition) is 3. The largest absolute Gasteiger partial charge is 0.478 e. The zero-order valence-corrected chi connectivity index (χ0v) is 11.9. The molecule has 1 heterocycles. The van der Waals surface area contributed by atoms with Crippen LogP contribution in [0.1, 0.15) is 15.9 Å². The molecule has 1 aliphatic heterocycles. The van der Waals surface area contributed by atoms with Gasteiger partial charge in [-0.15, -0.1) is 0 Å². The van der Waals surface area contributed by atoms with E-state index < -0.39 is 41.7 Å². The molecule has 128 valence electrons. The van der Waals surface area contributed by atoms with Gasteiger partial charge in [-0.2, -0.15) is 13.2 Å². The number of aromatic carboxylic acids is 1. The van der Waals surface area contributed by atoms with Crippen molar-refractivity contribution in [2.45, 2.75) is 6.18 Å². The fourth-order valence-electron chi connectivity index (χ4n) is 2.11. The fourth-order valence-corrected chi connectivity index (χ4v) is 2.11. The molecule has 3 N–H and O–H groups in total. The second-order valence-corrected chi connectivity index (χ2v) is 4.76. The van der Waals surface area contributed by atoms with E-state index in [-0.39, 0.29) is 17.9 Å². The van der Waals surface area contributed by atoms with Crippen molar-refractivity contribution in [3.05, 3.63) is 41.1 Å². The summed E-state index contributed by atoms with van der Waals surface area (Å²) in [4.78, 5) is 35.1. The molecule has 2 amide bonds. The molecule has 2 rings (SSSR count). The Morgan fingerprint density at radius 3 is 2.46 bits per heavy atom. The maximum Gasteiger partial charge on any atom is 0.417 e. The number of benzene rings is 1. The molecule has 0 aromatic heterocycles. The van der Waals surface area contributed by atoms with Crippen LogP contribution in [0.4, 0.5) is 18.9 Å². The lowest BCUT2D eigenvalue weighted by atomic mass is 10.1. The second-order valence-electron chi connectivity index (χ2n) is 4.76. The molecule has 0 fully saturated rings. The Bertz CT molecular complexity index is 742. The summed E-state index contributed by atoms with van der Waals surface area (Å²) in [5.74, 6) is -3.26. The minimum Gasteiger partial charge on any atom is -0.478 e. The Balaban J connectivity index is 2.32. The number of aliphatic hydroxyl groups is 1. The Hall–Kier alpha value is -2.88. The Kier molecular flexibility index (Phi) is 4.60. The molecule has 0 saturated carbocycles. The number of imide groups is 1. The van der Waals surface area contributed by atoms with Gasteiger partial charge in [-0.05, 0) is 18.2 Å². The van der Waals surface area contributed by atoms with Crippen molar-refractivity contribution >= 4 is 23.5 Å². The number of halogens is 3. The maximum absolute atomic E-state index is 12.9. The summed E-state index contributed by atoms with van der Waals surface area (Å²) in [6.45, 7) is -0.699. The lowest BCUT2D eigenvalue weighted by Gasteiger charge is -2.15. The van der Waals surface area contributed by atoms with E-state index in [2.05, 4.69) is 5.32 Å². The predicted octanol–water partition coefficient (Wildman–Crippen LogP) is 1.06. The molecule has 1 aromatic carbocycles. The van der Waals surface area contributed by atoms with Crippen LogP contribution in [0, 0.1) is 0 Å². The van der Waals surface area contributed by atoms with E-state index in [1.807, 2.05) is 0 Å². The average Bonchev–Trinajstić information content (AvgIpc) is 2.74. The molecule has 1 aromatic rings. The highest BCUT2D eigenvalue weighted by Gasteiger charge is 2.36. The predicted molar refractivity (Wildman–Crippen MR) is 73.9 cm³/mol. The number of aliphatic hydroxyl groups excluding tert-OH is 1. The number of carbonyl (C=O) groups is 3. The van der Waals surface area contributed by atoms with E-state index in [9.17, 15) is 27.6 Å². The molecule has 0 bridgehead atoms. The fraction of sp³-hybridized carbons (Fsp3) is 0.214. The molecule has 0 atom stereocenters. The first-order valence-corrected chi connectivity index (χ1v) is 6.55. The summed E-state index contributed by atoms with van der Waals surface area (Å²) in [7, 11) is 0. The number of rotatable bonds is 5. The van der Waals surface area contributed by atoms with E-state index in [4.69, 9.17) is 10.2 Å². The number of β-amino-alcohol motifs (C(OH)–C–C–N with tert-alkyl or cyclic N) is 1.